The van der Waals surface area contributed by atoms with E-state index in [0.717, 1.165) is 11.0 Å². The Kier molecular flexibility index (Phi) is 2.97. The second-order valence-electron chi connectivity index (χ2n) is 4.10. The van der Waals surface area contributed by atoms with Gasteiger partial charge in [0.25, 0.3) is 5.91 Å². The first-order chi connectivity index (χ1) is 9.16. The van der Waals surface area contributed by atoms with Crippen molar-refractivity contribution in [1.82, 2.24) is 9.55 Å². The molecular formula is C14H9ClN2OS. The van der Waals surface area contributed by atoms with Crippen molar-refractivity contribution in [3.05, 3.63) is 63.9 Å². The van der Waals surface area contributed by atoms with Gasteiger partial charge in [0.15, 0.2) is 4.77 Å². The highest BCUT2D eigenvalue weighted by molar-refractivity contribution is 7.71. The van der Waals surface area contributed by atoms with Crippen LogP contribution >= 0.6 is 23.8 Å². The fourth-order valence-corrected chi connectivity index (χ4v) is 2.49. The molecule has 0 fully saturated rings. The van der Waals surface area contributed by atoms with Crippen molar-refractivity contribution < 1.29 is 4.79 Å². The zero-order chi connectivity index (χ0) is 13.4. The van der Waals surface area contributed by atoms with E-state index in [1.165, 1.54) is 4.57 Å². The van der Waals surface area contributed by atoms with Gasteiger partial charge in [0, 0.05) is 10.6 Å². The highest BCUT2D eigenvalue weighted by atomic mass is 35.5. The lowest BCUT2D eigenvalue weighted by atomic mass is 10.2. The minimum Gasteiger partial charge on any atom is -0.330 e. The lowest BCUT2D eigenvalue weighted by Gasteiger charge is -2.03. The van der Waals surface area contributed by atoms with Crippen molar-refractivity contribution in [2.75, 3.05) is 0 Å². The number of hydrogen-bond donors (Lipinski definition) is 1. The van der Waals surface area contributed by atoms with Gasteiger partial charge in [-0.15, -0.1) is 0 Å². The molecule has 1 heterocycles. The molecule has 0 aliphatic heterocycles. The number of rotatable bonds is 1. The maximum absolute atomic E-state index is 12.5. The third-order valence-corrected chi connectivity index (χ3v) is 3.38. The number of H-pyrrole nitrogens is 1. The molecule has 0 bridgehead atoms. The van der Waals surface area contributed by atoms with Gasteiger partial charge in [0.2, 0.25) is 0 Å². The quantitative estimate of drug-likeness (QED) is 0.686. The van der Waals surface area contributed by atoms with E-state index in [2.05, 4.69) is 4.98 Å². The van der Waals surface area contributed by atoms with Gasteiger partial charge in [0.1, 0.15) is 0 Å². The van der Waals surface area contributed by atoms with Crippen LogP contribution in [0.15, 0.2) is 48.5 Å². The third kappa shape index (κ3) is 2.09. The van der Waals surface area contributed by atoms with Crippen LogP contribution in [0.3, 0.4) is 0 Å². The zero-order valence-corrected chi connectivity index (χ0v) is 11.3. The summed E-state index contributed by atoms with van der Waals surface area (Å²) in [6.07, 6.45) is 0. The summed E-state index contributed by atoms with van der Waals surface area (Å²) < 4.78 is 1.86. The first-order valence-corrected chi connectivity index (χ1v) is 6.45. The average molecular weight is 289 g/mol. The molecule has 5 heteroatoms. The SMILES string of the molecule is O=C(c1cccc(Cl)c1)n1c(=S)[nH]c2ccccc21. The van der Waals surface area contributed by atoms with Gasteiger partial charge in [0.05, 0.1) is 11.0 Å². The molecule has 3 nitrogen and oxygen atoms in total. The van der Waals surface area contributed by atoms with Crippen LogP contribution < -0.4 is 0 Å². The van der Waals surface area contributed by atoms with Crippen molar-refractivity contribution in [2.24, 2.45) is 0 Å². The Hall–Kier alpha value is -1.91. The highest BCUT2D eigenvalue weighted by Crippen LogP contribution is 2.17. The first-order valence-electron chi connectivity index (χ1n) is 5.67. The minimum absolute atomic E-state index is 0.190. The number of hydrogen-bond acceptors (Lipinski definition) is 2. The number of nitrogens with zero attached hydrogens (tertiary/aromatic N) is 1. The normalized spacial score (nSPS) is 10.8. The van der Waals surface area contributed by atoms with E-state index in [1.807, 2.05) is 24.3 Å². The van der Waals surface area contributed by atoms with E-state index in [4.69, 9.17) is 23.8 Å². The average Bonchev–Trinajstić information content (AvgIpc) is 2.74. The summed E-state index contributed by atoms with van der Waals surface area (Å²) in [5, 5.41) is 0.525. The zero-order valence-electron chi connectivity index (χ0n) is 9.76. The van der Waals surface area contributed by atoms with E-state index in [-0.39, 0.29) is 5.91 Å². The largest absolute Gasteiger partial charge is 0.330 e. The number of aromatic nitrogens is 2. The molecule has 0 saturated heterocycles. The molecule has 3 rings (SSSR count). The molecule has 0 aliphatic carbocycles. The number of aromatic amines is 1. The van der Waals surface area contributed by atoms with Crippen molar-refractivity contribution in [3.63, 3.8) is 0 Å². The molecule has 19 heavy (non-hydrogen) atoms. The predicted molar refractivity (Wildman–Crippen MR) is 78.3 cm³/mol. The number of benzene rings is 2. The monoisotopic (exact) mass is 288 g/mol. The topological polar surface area (TPSA) is 37.8 Å². The Morgan fingerprint density at radius 1 is 1.16 bits per heavy atom. The number of carbonyl (C=O) groups is 1. The number of fused-ring (bicyclic) bond motifs is 1. The first kappa shape index (κ1) is 12.1. The molecule has 0 amide bonds. The van der Waals surface area contributed by atoms with Crippen molar-refractivity contribution >= 4 is 40.8 Å². The van der Waals surface area contributed by atoms with E-state index in [9.17, 15) is 4.79 Å². The van der Waals surface area contributed by atoms with Gasteiger partial charge in [-0.05, 0) is 42.5 Å². The van der Waals surface area contributed by atoms with Crippen LogP contribution in [0.2, 0.25) is 5.02 Å². The van der Waals surface area contributed by atoms with Crippen LogP contribution in [0.1, 0.15) is 10.4 Å². The summed E-state index contributed by atoms with van der Waals surface area (Å²) in [5.74, 6) is -0.190. The van der Waals surface area contributed by atoms with E-state index in [0.29, 0.717) is 15.4 Å². The summed E-state index contributed by atoms with van der Waals surface area (Å²) >= 11 is 11.1. The number of imidazole rings is 1. The number of carbonyl (C=O) groups excluding carboxylic acids is 1. The maximum Gasteiger partial charge on any atom is 0.264 e. The molecule has 94 valence electrons. The molecule has 2 aromatic carbocycles. The van der Waals surface area contributed by atoms with Gasteiger partial charge in [-0.3, -0.25) is 9.36 Å². The Balaban J connectivity index is 2.22. The summed E-state index contributed by atoms with van der Waals surface area (Å²) in [6.45, 7) is 0. The Morgan fingerprint density at radius 2 is 1.95 bits per heavy atom. The third-order valence-electron chi connectivity index (χ3n) is 2.86. The van der Waals surface area contributed by atoms with Gasteiger partial charge in [-0.25, -0.2) is 0 Å². The molecule has 0 aliphatic rings. The van der Waals surface area contributed by atoms with Crippen LogP contribution in [-0.2, 0) is 0 Å². The van der Waals surface area contributed by atoms with E-state index < -0.39 is 0 Å². The molecule has 3 aromatic rings. The number of halogens is 1. The molecule has 0 radical (unpaired) electrons. The highest BCUT2D eigenvalue weighted by Gasteiger charge is 2.13. The van der Waals surface area contributed by atoms with Gasteiger partial charge in [-0.1, -0.05) is 29.8 Å². The van der Waals surface area contributed by atoms with E-state index >= 15 is 0 Å². The predicted octanol–water partition coefficient (Wildman–Crippen LogP) is 4.04. The van der Waals surface area contributed by atoms with Crippen molar-refractivity contribution in [1.29, 1.82) is 0 Å². The number of nitrogens with one attached hydrogen (secondary N) is 1. The van der Waals surface area contributed by atoms with Crippen LogP contribution in [0.4, 0.5) is 0 Å². The van der Waals surface area contributed by atoms with Crippen LogP contribution in [0.25, 0.3) is 11.0 Å². The van der Waals surface area contributed by atoms with Crippen molar-refractivity contribution in [3.8, 4) is 0 Å². The Labute approximate surface area is 119 Å². The summed E-state index contributed by atoms with van der Waals surface area (Å²) in [7, 11) is 0. The Morgan fingerprint density at radius 3 is 2.74 bits per heavy atom. The molecular weight excluding hydrogens is 280 g/mol. The smallest absolute Gasteiger partial charge is 0.264 e. The van der Waals surface area contributed by atoms with Gasteiger partial charge >= 0.3 is 0 Å². The molecule has 0 saturated carbocycles. The fraction of sp³-hybridized carbons (Fsp3) is 0. The second kappa shape index (κ2) is 4.64. The number of para-hydroxylation sites is 2. The van der Waals surface area contributed by atoms with Crippen LogP contribution in [0.5, 0.6) is 0 Å². The Bertz CT molecular complexity index is 835. The standard InChI is InChI=1S/C14H9ClN2OS/c15-10-5-3-4-9(8-10)13(18)17-12-7-2-1-6-11(12)16-14(17)19/h1-8H,(H,16,19). The summed E-state index contributed by atoms with van der Waals surface area (Å²) in [5.41, 5.74) is 2.11. The summed E-state index contributed by atoms with van der Waals surface area (Å²) in [4.78, 5) is 15.5. The van der Waals surface area contributed by atoms with E-state index in [1.54, 1.807) is 24.3 Å². The van der Waals surface area contributed by atoms with Crippen LogP contribution in [-0.4, -0.2) is 15.5 Å². The second-order valence-corrected chi connectivity index (χ2v) is 4.92. The van der Waals surface area contributed by atoms with Crippen molar-refractivity contribution in [2.45, 2.75) is 0 Å². The lowest BCUT2D eigenvalue weighted by molar-refractivity contribution is 0.0963. The molecule has 0 atom stereocenters. The fourth-order valence-electron chi connectivity index (χ4n) is 2.01. The minimum atomic E-state index is -0.190. The molecule has 0 unspecified atom stereocenters. The van der Waals surface area contributed by atoms with Gasteiger partial charge in [-0.2, -0.15) is 0 Å². The molecule has 1 aromatic heterocycles. The molecule has 1 N–H and O–H groups in total. The van der Waals surface area contributed by atoms with Gasteiger partial charge < -0.3 is 4.98 Å². The lowest BCUT2D eigenvalue weighted by Crippen LogP contribution is -2.11. The maximum atomic E-state index is 12.5. The molecule has 0 spiro atoms. The van der Waals surface area contributed by atoms with Crippen LogP contribution in [0, 0.1) is 4.77 Å². The summed E-state index contributed by atoms with van der Waals surface area (Å²) in [6, 6.07) is 14.3.